The molecule has 0 aliphatic carbocycles. The van der Waals surface area contributed by atoms with Gasteiger partial charge in [-0.1, -0.05) is 0 Å². The van der Waals surface area contributed by atoms with Gasteiger partial charge in [0.05, 0.1) is 0 Å². The Morgan fingerprint density at radius 2 is 1.92 bits per heavy atom. The second-order valence-electron chi connectivity index (χ2n) is 2.35. The van der Waals surface area contributed by atoms with Gasteiger partial charge < -0.3 is 15.2 Å². The Hall–Kier alpha value is -1.78. The zero-order valence-corrected chi connectivity index (χ0v) is 6.29. The first-order chi connectivity index (χ1) is 5.52. The van der Waals surface area contributed by atoms with Crippen LogP contribution in [0.25, 0.3) is 0 Å². The van der Waals surface area contributed by atoms with E-state index in [1.807, 2.05) is 0 Å². The highest BCUT2D eigenvalue weighted by Gasteiger charge is 2.14. The fourth-order valence-electron chi connectivity index (χ4n) is 0.895. The predicted octanol–water partition coefficient (Wildman–Crippen LogP) is 0.720. The SMILES string of the molecule is Cc1cc(C(=O)O)[nH]c1C(=O)O. The molecule has 0 unspecified atom stereocenters. The maximum atomic E-state index is 10.4. The fourth-order valence-corrected chi connectivity index (χ4v) is 0.895. The lowest BCUT2D eigenvalue weighted by molar-refractivity contribution is 0.0689. The minimum absolute atomic E-state index is 0.0765. The monoisotopic (exact) mass is 169 g/mol. The molecule has 3 N–H and O–H groups in total. The van der Waals surface area contributed by atoms with E-state index in [0.717, 1.165) is 0 Å². The van der Waals surface area contributed by atoms with E-state index in [0.29, 0.717) is 5.56 Å². The zero-order valence-electron chi connectivity index (χ0n) is 6.29. The predicted molar refractivity (Wildman–Crippen MR) is 39.4 cm³/mol. The van der Waals surface area contributed by atoms with E-state index in [1.54, 1.807) is 0 Å². The Bertz CT molecular complexity index is 339. The normalized spacial score (nSPS) is 9.75. The molecule has 1 rings (SSSR count). The van der Waals surface area contributed by atoms with Crippen LogP contribution in [0.4, 0.5) is 0 Å². The molecule has 1 heterocycles. The first-order valence-corrected chi connectivity index (χ1v) is 3.18. The molecule has 0 aliphatic heterocycles. The molecule has 1 aromatic rings. The van der Waals surface area contributed by atoms with E-state index < -0.39 is 11.9 Å². The zero-order chi connectivity index (χ0) is 9.30. The molecule has 0 atom stereocenters. The maximum Gasteiger partial charge on any atom is 0.352 e. The average molecular weight is 169 g/mol. The van der Waals surface area contributed by atoms with Gasteiger partial charge in [-0.15, -0.1) is 0 Å². The number of aromatic carboxylic acids is 2. The van der Waals surface area contributed by atoms with Crippen LogP contribution in [0.2, 0.25) is 0 Å². The summed E-state index contributed by atoms with van der Waals surface area (Å²) in [6.45, 7) is 1.53. The number of carboxylic acids is 2. The summed E-state index contributed by atoms with van der Waals surface area (Å²) in [5, 5.41) is 17.0. The summed E-state index contributed by atoms with van der Waals surface area (Å²) < 4.78 is 0. The van der Waals surface area contributed by atoms with Crippen molar-refractivity contribution in [1.82, 2.24) is 4.98 Å². The van der Waals surface area contributed by atoms with Crippen LogP contribution in [0.5, 0.6) is 0 Å². The number of aromatic amines is 1. The summed E-state index contributed by atoms with van der Waals surface area (Å²) in [5.41, 5.74) is 0.234. The van der Waals surface area contributed by atoms with Gasteiger partial charge in [-0.05, 0) is 18.6 Å². The van der Waals surface area contributed by atoms with Gasteiger partial charge in [-0.2, -0.15) is 0 Å². The summed E-state index contributed by atoms with van der Waals surface area (Å²) in [6, 6.07) is 1.28. The molecular formula is C7H7NO4. The lowest BCUT2D eigenvalue weighted by atomic mass is 10.2. The lowest BCUT2D eigenvalue weighted by Gasteiger charge is -1.88. The minimum Gasteiger partial charge on any atom is -0.477 e. The van der Waals surface area contributed by atoms with Crippen molar-refractivity contribution >= 4 is 11.9 Å². The van der Waals surface area contributed by atoms with Crippen molar-refractivity contribution < 1.29 is 19.8 Å². The van der Waals surface area contributed by atoms with Crippen molar-refractivity contribution in [3.63, 3.8) is 0 Å². The number of aryl methyl sites for hydroxylation is 1. The van der Waals surface area contributed by atoms with E-state index in [9.17, 15) is 9.59 Å². The van der Waals surface area contributed by atoms with Crippen LogP contribution in [0.3, 0.4) is 0 Å². The quantitative estimate of drug-likeness (QED) is 0.608. The number of H-pyrrole nitrogens is 1. The van der Waals surface area contributed by atoms with Crippen molar-refractivity contribution in [2.24, 2.45) is 0 Å². The number of carbonyl (C=O) groups is 2. The maximum absolute atomic E-state index is 10.4. The van der Waals surface area contributed by atoms with Crippen molar-refractivity contribution in [2.75, 3.05) is 0 Å². The Kier molecular flexibility index (Phi) is 1.86. The molecule has 0 amide bonds. The van der Waals surface area contributed by atoms with Crippen LogP contribution in [0, 0.1) is 6.92 Å². The highest BCUT2D eigenvalue weighted by molar-refractivity contribution is 5.92. The van der Waals surface area contributed by atoms with E-state index in [2.05, 4.69) is 4.98 Å². The van der Waals surface area contributed by atoms with E-state index in [1.165, 1.54) is 13.0 Å². The van der Waals surface area contributed by atoms with Gasteiger partial charge in [0, 0.05) is 0 Å². The second-order valence-corrected chi connectivity index (χ2v) is 2.35. The van der Waals surface area contributed by atoms with E-state index in [-0.39, 0.29) is 11.4 Å². The van der Waals surface area contributed by atoms with Crippen molar-refractivity contribution in [3.05, 3.63) is 23.0 Å². The van der Waals surface area contributed by atoms with Crippen molar-refractivity contribution in [2.45, 2.75) is 6.92 Å². The fraction of sp³-hybridized carbons (Fsp3) is 0.143. The van der Waals surface area contributed by atoms with Gasteiger partial charge in [0.25, 0.3) is 0 Å². The first-order valence-electron chi connectivity index (χ1n) is 3.18. The topological polar surface area (TPSA) is 90.4 Å². The molecule has 64 valence electrons. The Labute approximate surface area is 67.6 Å². The van der Waals surface area contributed by atoms with Crippen molar-refractivity contribution in [1.29, 1.82) is 0 Å². The molecule has 0 aliphatic rings. The molecule has 0 saturated carbocycles. The van der Waals surface area contributed by atoms with Crippen LogP contribution in [0.1, 0.15) is 26.5 Å². The molecule has 0 radical (unpaired) electrons. The summed E-state index contributed by atoms with van der Waals surface area (Å²) in [5.74, 6) is -2.31. The van der Waals surface area contributed by atoms with Gasteiger partial charge in [-0.3, -0.25) is 0 Å². The molecule has 0 aromatic carbocycles. The Morgan fingerprint density at radius 3 is 2.17 bits per heavy atom. The number of hydrogen-bond donors (Lipinski definition) is 3. The van der Waals surface area contributed by atoms with Crippen LogP contribution in [0.15, 0.2) is 6.07 Å². The summed E-state index contributed by atoms with van der Waals surface area (Å²) in [6.07, 6.45) is 0. The van der Waals surface area contributed by atoms with E-state index >= 15 is 0 Å². The standard InChI is InChI=1S/C7H7NO4/c1-3-2-4(6(9)10)8-5(3)7(11)12/h2,8H,1H3,(H,9,10)(H,11,12). The van der Waals surface area contributed by atoms with Gasteiger partial charge in [-0.25, -0.2) is 9.59 Å². The van der Waals surface area contributed by atoms with Crippen LogP contribution < -0.4 is 0 Å². The smallest absolute Gasteiger partial charge is 0.352 e. The third kappa shape index (κ3) is 1.29. The molecule has 5 heteroatoms. The molecule has 5 nitrogen and oxygen atoms in total. The highest BCUT2D eigenvalue weighted by atomic mass is 16.4. The van der Waals surface area contributed by atoms with Gasteiger partial charge in [0.15, 0.2) is 0 Å². The van der Waals surface area contributed by atoms with Crippen LogP contribution in [-0.4, -0.2) is 27.1 Å². The summed E-state index contributed by atoms with van der Waals surface area (Å²) >= 11 is 0. The Morgan fingerprint density at radius 1 is 1.33 bits per heavy atom. The van der Waals surface area contributed by atoms with Crippen molar-refractivity contribution in [3.8, 4) is 0 Å². The molecule has 0 spiro atoms. The first kappa shape index (κ1) is 8.32. The third-order valence-corrected chi connectivity index (χ3v) is 1.46. The minimum atomic E-state index is -1.16. The summed E-state index contributed by atoms with van der Waals surface area (Å²) in [7, 11) is 0. The third-order valence-electron chi connectivity index (χ3n) is 1.46. The van der Waals surface area contributed by atoms with Crippen LogP contribution >= 0.6 is 0 Å². The molecular weight excluding hydrogens is 162 g/mol. The second kappa shape index (κ2) is 2.69. The van der Waals surface area contributed by atoms with Gasteiger partial charge >= 0.3 is 11.9 Å². The Balaban J connectivity index is 3.17. The summed E-state index contributed by atoms with van der Waals surface area (Å²) in [4.78, 5) is 23.1. The molecule has 0 fully saturated rings. The number of carboxylic acid groups (broad SMARTS) is 2. The molecule has 12 heavy (non-hydrogen) atoms. The molecule has 1 aromatic heterocycles. The average Bonchev–Trinajstić information content (AvgIpc) is 2.30. The van der Waals surface area contributed by atoms with Gasteiger partial charge in [0.2, 0.25) is 0 Å². The lowest BCUT2D eigenvalue weighted by Crippen LogP contribution is -2.01. The van der Waals surface area contributed by atoms with Gasteiger partial charge in [0.1, 0.15) is 11.4 Å². The highest BCUT2D eigenvalue weighted by Crippen LogP contribution is 2.09. The number of nitrogens with one attached hydrogen (secondary N) is 1. The van der Waals surface area contributed by atoms with E-state index in [4.69, 9.17) is 10.2 Å². The number of hydrogen-bond acceptors (Lipinski definition) is 2. The largest absolute Gasteiger partial charge is 0.477 e. The van der Waals surface area contributed by atoms with Crippen LogP contribution in [-0.2, 0) is 0 Å². The number of rotatable bonds is 2. The molecule has 0 saturated heterocycles. The molecule has 0 bridgehead atoms. The number of aromatic nitrogens is 1.